The molecule has 4 rings (SSSR count). The Kier molecular flexibility index (Phi) is 5.25. The summed E-state index contributed by atoms with van der Waals surface area (Å²) in [6, 6.07) is 8.69. The molecule has 1 fully saturated rings. The van der Waals surface area contributed by atoms with Crippen LogP contribution in [-0.2, 0) is 0 Å². The predicted octanol–water partition coefficient (Wildman–Crippen LogP) is 3.90. The maximum Gasteiger partial charge on any atom is 0.226 e. The first-order valence-corrected chi connectivity index (χ1v) is 10.3. The number of nitrogens with one attached hydrogen (secondary N) is 1. The van der Waals surface area contributed by atoms with Crippen LogP contribution in [0.2, 0.25) is 0 Å². The van der Waals surface area contributed by atoms with Gasteiger partial charge in [0.1, 0.15) is 5.82 Å². The maximum absolute atomic E-state index is 4.86. The van der Waals surface area contributed by atoms with Gasteiger partial charge in [-0.1, -0.05) is 38.8 Å². The van der Waals surface area contributed by atoms with Crippen molar-refractivity contribution in [3.63, 3.8) is 0 Å². The summed E-state index contributed by atoms with van der Waals surface area (Å²) >= 11 is 0. The molecule has 3 aromatic rings. The number of aromatic nitrogens is 4. The molecular formula is C21H30N6. The number of likely N-dealkylation sites (tertiary alicyclic amines) is 1. The van der Waals surface area contributed by atoms with Crippen LogP contribution in [0.1, 0.15) is 45.4 Å². The maximum atomic E-state index is 4.86. The highest BCUT2D eigenvalue weighted by Gasteiger charge is 2.27. The highest BCUT2D eigenvalue weighted by molar-refractivity contribution is 5.92. The molecule has 27 heavy (non-hydrogen) atoms. The van der Waals surface area contributed by atoms with Gasteiger partial charge in [0.15, 0.2) is 5.65 Å². The summed E-state index contributed by atoms with van der Waals surface area (Å²) in [4.78, 5) is 12.2. The van der Waals surface area contributed by atoms with Crippen LogP contribution in [0.25, 0.3) is 16.6 Å². The highest BCUT2D eigenvalue weighted by Crippen LogP contribution is 2.25. The molecule has 6 heteroatoms. The minimum Gasteiger partial charge on any atom is -0.353 e. The van der Waals surface area contributed by atoms with Gasteiger partial charge in [0.25, 0.3) is 0 Å². The van der Waals surface area contributed by atoms with E-state index in [4.69, 9.17) is 4.98 Å². The highest BCUT2D eigenvalue weighted by atomic mass is 15.4. The van der Waals surface area contributed by atoms with Crippen LogP contribution < -0.4 is 5.32 Å². The summed E-state index contributed by atoms with van der Waals surface area (Å²) in [5.41, 5.74) is 1.83. The molecule has 1 saturated heterocycles. The molecule has 1 aliphatic heterocycles. The topological polar surface area (TPSA) is 58.4 Å². The average Bonchev–Trinajstić information content (AvgIpc) is 3.34. The molecule has 144 valence electrons. The molecule has 1 unspecified atom stereocenters. The standard InChI is InChI=1S/C21H30N6/c1-4-16(5-2)19(26-12-8-9-13-26)14-22-21-24-18-11-7-6-10-17(18)20-23-15(3)25-27(20)21/h6-7,10-11,16,19H,4-5,8-9,12-14H2,1-3H3,(H,22,24). The molecule has 0 bridgehead atoms. The number of para-hydroxylation sites is 1. The van der Waals surface area contributed by atoms with Crippen molar-refractivity contribution >= 4 is 22.5 Å². The molecule has 3 heterocycles. The van der Waals surface area contributed by atoms with Crippen molar-refractivity contribution < 1.29 is 0 Å². The zero-order valence-electron chi connectivity index (χ0n) is 16.6. The fourth-order valence-electron chi connectivity index (χ4n) is 4.47. The second kappa shape index (κ2) is 7.80. The second-order valence-electron chi connectivity index (χ2n) is 7.61. The normalized spacial score (nSPS) is 16.6. The Morgan fingerprint density at radius 2 is 1.81 bits per heavy atom. The van der Waals surface area contributed by atoms with Gasteiger partial charge in [-0.25, -0.2) is 9.97 Å². The van der Waals surface area contributed by atoms with Gasteiger partial charge in [-0.15, -0.1) is 5.10 Å². The van der Waals surface area contributed by atoms with Gasteiger partial charge in [0.2, 0.25) is 5.95 Å². The molecule has 0 amide bonds. The van der Waals surface area contributed by atoms with Gasteiger partial charge in [-0.3, -0.25) is 4.90 Å². The molecule has 0 radical (unpaired) electrons. The van der Waals surface area contributed by atoms with Crippen molar-refractivity contribution in [2.75, 3.05) is 25.0 Å². The predicted molar refractivity (Wildman–Crippen MR) is 110 cm³/mol. The molecule has 1 N–H and O–H groups in total. The summed E-state index contributed by atoms with van der Waals surface area (Å²) in [5.74, 6) is 2.26. The first kappa shape index (κ1) is 18.2. The van der Waals surface area contributed by atoms with Gasteiger partial charge in [0, 0.05) is 18.0 Å². The van der Waals surface area contributed by atoms with E-state index in [0.29, 0.717) is 12.0 Å². The molecular weight excluding hydrogens is 336 g/mol. The fraction of sp³-hybridized carbons (Fsp3) is 0.571. The number of fused-ring (bicyclic) bond motifs is 3. The number of aryl methyl sites for hydroxylation is 1. The molecule has 2 aromatic heterocycles. The molecule has 1 aliphatic rings. The van der Waals surface area contributed by atoms with Crippen molar-refractivity contribution in [1.82, 2.24) is 24.5 Å². The van der Waals surface area contributed by atoms with Crippen LogP contribution in [0.3, 0.4) is 0 Å². The Morgan fingerprint density at radius 1 is 1.07 bits per heavy atom. The number of hydrogen-bond donors (Lipinski definition) is 1. The van der Waals surface area contributed by atoms with E-state index < -0.39 is 0 Å². The van der Waals surface area contributed by atoms with Crippen molar-refractivity contribution in [2.24, 2.45) is 5.92 Å². The summed E-state index contributed by atoms with van der Waals surface area (Å²) < 4.78 is 1.87. The first-order chi connectivity index (χ1) is 13.2. The minimum atomic E-state index is 0.537. The second-order valence-corrected chi connectivity index (χ2v) is 7.61. The zero-order valence-corrected chi connectivity index (χ0v) is 16.6. The smallest absolute Gasteiger partial charge is 0.226 e. The van der Waals surface area contributed by atoms with Crippen LogP contribution >= 0.6 is 0 Å². The lowest BCUT2D eigenvalue weighted by atomic mass is 9.93. The van der Waals surface area contributed by atoms with Gasteiger partial charge < -0.3 is 5.32 Å². The number of anilines is 1. The molecule has 1 atom stereocenters. The van der Waals surface area contributed by atoms with E-state index in [0.717, 1.165) is 34.9 Å². The van der Waals surface area contributed by atoms with Crippen LogP contribution in [-0.4, -0.2) is 50.2 Å². The molecule has 0 saturated carbocycles. The summed E-state index contributed by atoms with van der Waals surface area (Å²) in [6.45, 7) is 9.88. The Bertz CT molecular complexity index is 906. The third kappa shape index (κ3) is 3.50. The summed E-state index contributed by atoms with van der Waals surface area (Å²) in [6.07, 6.45) is 5.06. The van der Waals surface area contributed by atoms with Crippen molar-refractivity contribution in [3.05, 3.63) is 30.1 Å². The Labute approximate surface area is 161 Å². The quantitative estimate of drug-likeness (QED) is 0.687. The van der Waals surface area contributed by atoms with Crippen LogP contribution in [0, 0.1) is 12.8 Å². The summed E-state index contributed by atoms with van der Waals surface area (Å²) in [7, 11) is 0. The Hall–Kier alpha value is -2.21. The first-order valence-electron chi connectivity index (χ1n) is 10.3. The minimum absolute atomic E-state index is 0.537. The fourth-order valence-corrected chi connectivity index (χ4v) is 4.47. The number of benzene rings is 1. The van der Waals surface area contributed by atoms with E-state index in [1.54, 1.807) is 0 Å². The average molecular weight is 367 g/mol. The van der Waals surface area contributed by atoms with E-state index in [9.17, 15) is 0 Å². The van der Waals surface area contributed by atoms with Gasteiger partial charge in [-0.2, -0.15) is 4.52 Å². The SMILES string of the molecule is CCC(CC)C(CNc1nc2ccccc2c2nc(C)nn12)N1CCCC1. The monoisotopic (exact) mass is 366 g/mol. The van der Waals surface area contributed by atoms with Gasteiger partial charge in [-0.05, 0) is 50.9 Å². The van der Waals surface area contributed by atoms with Crippen molar-refractivity contribution in [3.8, 4) is 0 Å². The molecule has 0 aliphatic carbocycles. The van der Waals surface area contributed by atoms with E-state index in [1.807, 2.05) is 29.6 Å². The van der Waals surface area contributed by atoms with Crippen LogP contribution in [0.15, 0.2) is 24.3 Å². The van der Waals surface area contributed by atoms with E-state index in [1.165, 1.54) is 38.8 Å². The van der Waals surface area contributed by atoms with E-state index in [-0.39, 0.29) is 0 Å². The molecule has 1 aromatic carbocycles. The summed E-state index contributed by atoms with van der Waals surface area (Å²) in [5, 5.41) is 9.26. The lowest BCUT2D eigenvalue weighted by Crippen LogP contribution is -2.43. The van der Waals surface area contributed by atoms with Crippen molar-refractivity contribution in [1.29, 1.82) is 0 Å². The Morgan fingerprint density at radius 3 is 2.56 bits per heavy atom. The van der Waals surface area contributed by atoms with Crippen LogP contribution in [0.5, 0.6) is 0 Å². The van der Waals surface area contributed by atoms with E-state index >= 15 is 0 Å². The third-order valence-electron chi connectivity index (χ3n) is 5.96. The number of nitrogens with zero attached hydrogens (tertiary/aromatic N) is 5. The Balaban J connectivity index is 1.66. The molecule has 6 nitrogen and oxygen atoms in total. The van der Waals surface area contributed by atoms with Crippen molar-refractivity contribution in [2.45, 2.75) is 52.5 Å². The molecule has 0 spiro atoms. The lowest BCUT2D eigenvalue weighted by molar-refractivity contribution is 0.175. The zero-order chi connectivity index (χ0) is 18.8. The lowest BCUT2D eigenvalue weighted by Gasteiger charge is -2.34. The van der Waals surface area contributed by atoms with Crippen LogP contribution in [0.4, 0.5) is 5.95 Å². The largest absolute Gasteiger partial charge is 0.353 e. The number of rotatable bonds is 7. The van der Waals surface area contributed by atoms with Gasteiger partial charge >= 0.3 is 0 Å². The third-order valence-corrected chi connectivity index (χ3v) is 5.96. The van der Waals surface area contributed by atoms with Gasteiger partial charge in [0.05, 0.1) is 5.52 Å². The number of hydrogen-bond acceptors (Lipinski definition) is 5. The van der Waals surface area contributed by atoms with E-state index in [2.05, 4.69) is 40.2 Å².